The summed E-state index contributed by atoms with van der Waals surface area (Å²) in [6.45, 7) is 0. The van der Waals surface area contributed by atoms with Gasteiger partial charge >= 0.3 is 0 Å². The average molecular weight is 261 g/mol. The Labute approximate surface area is 114 Å². The van der Waals surface area contributed by atoms with Gasteiger partial charge < -0.3 is 5.32 Å². The summed E-state index contributed by atoms with van der Waals surface area (Å²) < 4.78 is 0. The van der Waals surface area contributed by atoms with E-state index in [1.54, 1.807) is 20.9 Å². The van der Waals surface area contributed by atoms with Crippen LogP contribution >= 0.6 is 11.3 Å². The Morgan fingerprint density at radius 3 is 2.67 bits per heavy atom. The highest BCUT2D eigenvalue weighted by Gasteiger charge is 2.21. The zero-order valence-electron chi connectivity index (χ0n) is 11.3. The highest BCUT2D eigenvalue weighted by atomic mass is 32.1. The standard InChI is InChI=1S/C16H23NS/c1-17-16(12-7-3-2-4-8-12)15-11-13-9-5-6-10-14(13)18-15/h7,11,16-17H,2-6,8-10H2,1H3. The molecule has 0 saturated carbocycles. The van der Waals surface area contributed by atoms with E-state index in [0.717, 1.165) is 0 Å². The van der Waals surface area contributed by atoms with Crippen molar-refractivity contribution in [2.45, 2.75) is 57.4 Å². The van der Waals surface area contributed by atoms with Crippen LogP contribution in [0.3, 0.4) is 0 Å². The van der Waals surface area contributed by atoms with E-state index in [9.17, 15) is 0 Å². The van der Waals surface area contributed by atoms with Crippen LogP contribution < -0.4 is 5.32 Å². The Bertz CT molecular complexity index is 420. The van der Waals surface area contributed by atoms with Crippen LogP contribution in [0.15, 0.2) is 17.7 Å². The molecule has 18 heavy (non-hydrogen) atoms. The number of aryl methyl sites for hydroxylation is 2. The van der Waals surface area contributed by atoms with Crippen molar-refractivity contribution >= 4 is 11.3 Å². The van der Waals surface area contributed by atoms with Crippen molar-refractivity contribution in [2.24, 2.45) is 0 Å². The molecule has 1 nitrogen and oxygen atoms in total. The molecule has 0 aliphatic heterocycles. The van der Waals surface area contributed by atoms with Crippen molar-refractivity contribution in [3.05, 3.63) is 33.0 Å². The van der Waals surface area contributed by atoms with Crippen molar-refractivity contribution in [1.82, 2.24) is 5.32 Å². The summed E-state index contributed by atoms with van der Waals surface area (Å²) in [6.07, 6.45) is 13.2. The number of hydrogen-bond donors (Lipinski definition) is 1. The van der Waals surface area contributed by atoms with Gasteiger partial charge in [0, 0.05) is 9.75 Å². The molecule has 2 aliphatic rings. The van der Waals surface area contributed by atoms with Crippen LogP contribution in [0.25, 0.3) is 0 Å². The van der Waals surface area contributed by atoms with E-state index >= 15 is 0 Å². The molecule has 98 valence electrons. The number of likely N-dealkylation sites (N-methyl/N-ethyl adjacent to an activating group) is 1. The van der Waals surface area contributed by atoms with E-state index in [0.29, 0.717) is 6.04 Å². The van der Waals surface area contributed by atoms with Gasteiger partial charge in [-0.2, -0.15) is 0 Å². The second-order valence-electron chi connectivity index (χ2n) is 5.55. The van der Waals surface area contributed by atoms with Crippen molar-refractivity contribution in [2.75, 3.05) is 7.05 Å². The molecule has 0 saturated heterocycles. The zero-order chi connectivity index (χ0) is 12.4. The molecule has 1 N–H and O–H groups in total. The number of allylic oxidation sites excluding steroid dienone is 1. The molecule has 0 aromatic carbocycles. The molecule has 0 radical (unpaired) electrons. The topological polar surface area (TPSA) is 12.0 Å². The highest BCUT2D eigenvalue weighted by molar-refractivity contribution is 7.12. The third kappa shape index (κ3) is 2.41. The minimum absolute atomic E-state index is 0.487. The third-order valence-corrected chi connectivity index (χ3v) is 5.59. The SMILES string of the molecule is CNC(C1=CCCCC1)c1cc2c(s1)CCCC2. The molecule has 2 aliphatic carbocycles. The minimum Gasteiger partial charge on any atom is -0.309 e. The van der Waals surface area contributed by atoms with Gasteiger partial charge in [-0.15, -0.1) is 11.3 Å². The summed E-state index contributed by atoms with van der Waals surface area (Å²) in [4.78, 5) is 3.21. The lowest BCUT2D eigenvalue weighted by Crippen LogP contribution is -2.18. The first-order valence-electron chi connectivity index (χ1n) is 7.36. The van der Waals surface area contributed by atoms with Crippen LogP contribution in [0.1, 0.15) is 59.9 Å². The molecule has 0 bridgehead atoms. The van der Waals surface area contributed by atoms with E-state index in [1.807, 2.05) is 0 Å². The Balaban J connectivity index is 1.86. The molecule has 0 fully saturated rings. The lowest BCUT2D eigenvalue weighted by atomic mass is 9.92. The fourth-order valence-electron chi connectivity index (χ4n) is 3.29. The summed E-state index contributed by atoms with van der Waals surface area (Å²) in [5.74, 6) is 0. The lowest BCUT2D eigenvalue weighted by Gasteiger charge is -2.21. The lowest BCUT2D eigenvalue weighted by molar-refractivity contribution is 0.599. The first-order chi connectivity index (χ1) is 8.88. The van der Waals surface area contributed by atoms with Gasteiger partial charge in [0.15, 0.2) is 0 Å². The minimum atomic E-state index is 0.487. The largest absolute Gasteiger partial charge is 0.309 e. The van der Waals surface area contributed by atoms with Crippen LogP contribution in [0.4, 0.5) is 0 Å². The van der Waals surface area contributed by atoms with Crippen molar-refractivity contribution in [3.8, 4) is 0 Å². The Hall–Kier alpha value is -0.600. The molecule has 2 heteroatoms. The molecule has 1 aromatic heterocycles. The fraction of sp³-hybridized carbons (Fsp3) is 0.625. The Morgan fingerprint density at radius 1 is 1.11 bits per heavy atom. The molecule has 1 atom stereocenters. The van der Waals surface area contributed by atoms with Crippen molar-refractivity contribution in [1.29, 1.82) is 0 Å². The van der Waals surface area contributed by atoms with Crippen molar-refractivity contribution in [3.63, 3.8) is 0 Å². The van der Waals surface area contributed by atoms with E-state index in [4.69, 9.17) is 0 Å². The summed E-state index contributed by atoms with van der Waals surface area (Å²) >= 11 is 2.06. The van der Waals surface area contributed by atoms with E-state index in [2.05, 4.69) is 35.8 Å². The Morgan fingerprint density at radius 2 is 1.94 bits per heavy atom. The normalized spacial score (nSPS) is 21.3. The van der Waals surface area contributed by atoms with Gasteiger partial charge in [-0.1, -0.05) is 11.6 Å². The maximum Gasteiger partial charge on any atom is 0.0628 e. The first-order valence-corrected chi connectivity index (χ1v) is 8.18. The summed E-state index contributed by atoms with van der Waals surface area (Å²) in [7, 11) is 2.11. The Kier molecular flexibility index (Phi) is 3.86. The van der Waals surface area contributed by atoms with E-state index in [1.165, 1.54) is 51.4 Å². The first kappa shape index (κ1) is 12.4. The molecular weight excluding hydrogens is 238 g/mol. The number of fused-ring (bicyclic) bond motifs is 1. The molecule has 1 heterocycles. The van der Waals surface area contributed by atoms with Crippen LogP contribution in [-0.2, 0) is 12.8 Å². The predicted molar refractivity (Wildman–Crippen MR) is 79.3 cm³/mol. The molecule has 0 amide bonds. The number of hydrogen-bond acceptors (Lipinski definition) is 2. The maximum atomic E-state index is 3.54. The van der Waals surface area contributed by atoms with E-state index < -0.39 is 0 Å². The molecule has 1 unspecified atom stereocenters. The highest BCUT2D eigenvalue weighted by Crippen LogP contribution is 2.37. The quantitative estimate of drug-likeness (QED) is 0.796. The van der Waals surface area contributed by atoms with Crippen LogP contribution in [0.5, 0.6) is 0 Å². The molecular formula is C16H23NS. The number of rotatable bonds is 3. The second kappa shape index (κ2) is 5.58. The van der Waals surface area contributed by atoms with Gasteiger partial charge in [0.25, 0.3) is 0 Å². The number of nitrogens with one attached hydrogen (secondary N) is 1. The van der Waals surface area contributed by atoms with Crippen LogP contribution in [0.2, 0.25) is 0 Å². The van der Waals surface area contributed by atoms with Crippen LogP contribution in [0, 0.1) is 0 Å². The van der Waals surface area contributed by atoms with Gasteiger partial charge in [0.05, 0.1) is 6.04 Å². The monoisotopic (exact) mass is 261 g/mol. The van der Waals surface area contributed by atoms with Crippen molar-refractivity contribution < 1.29 is 0 Å². The average Bonchev–Trinajstić information content (AvgIpc) is 2.84. The third-order valence-electron chi connectivity index (χ3n) is 4.29. The number of thiophene rings is 1. The smallest absolute Gasteiger partial charge is 0.0628 e. The maximum absolute atomic E-state index is 3.54. The van der Waals surface area contributed by atoms with Gasteiger partial charge in [-0.3, -0.25) is 0 Å². The fourth-order valence-corrected chi connectivity index (χ4v) is 4.70. The van der Waals surface area contributed by atoms with Gasteiger partial charge in [0.1, 0.15) is 0 Å². The molecule has 0 spiro atoms. The van der Waals surface area contributed by atoms with Gasteiger partial charge in [-0.25, -0.2) is 0 Å². The summed E-state index contributed by atoms with van der Waals surface area (Å²) in [6, 6.07) is 2.97. The summed E-state index contributed by atoms with van der Waals surface area (Å²) in [5, 5.41) is 3.54. The zero-order valence-corrected chi connectivity index (χ0v) is 12.1. The summed E-state index contributed by atoms with van der Waals surface area (Å²) in [5.41, 5.74) is 3.26. The predicted octanol–water partition coefficient (Wildman–Crippen LogP) is 4.39. The van der Waals surface area contributed by atoms with Gasteiger partial charge in [0.2, 0.25) is 0 Å². The van der Waals surface area contributed by atoms with E-state index in [-0.39, 0.29) is 0 Å². The van der Waals surface area contributed by atoms with Crippen LogP contribution in [-0.4, -0.2) is 7.05 Å². The van der Waals surface area contributed by atoms with Gasteiger partial charge in [-0.05, 0) is 70.0 Å². The molecule has 3 rings (SSSR count). The second-order valence-corrected chi connectivity index (χ2v) is 6.72. The molecule has 1 aromatic rings.